The van der Waals surface area contributed by atoms with Gasteiger partial charge in [-0.25, -0.2) is 0 Å². The maximum absolute atomic E-state index is 12.2. The molecule has 1 unspecified atom stereocenters. The number of piperidine rings is 1. The second kappa shape index (κ2) is 7.25. The first kappa shape index (κ1) is 16.2. The first-order valence-electron chi connectivity index (χ1n) is 8.64. The summed E-state index contributed by atoms with van der Waals surface area (Å²) in [5.41, 5.74) is 0.935. The Morgan fingerprint density at radius 2 is 2.17 bits per heavy atom. The molecule has 1 aromatic heterocycles. The van der Waals surface area contributed by atoms with E-state index in [1.165, 1.54) is 12.8 Å². The number of anilines is 1. The lowest BCUT2D eigenvalue weighted by molar-refractivity contribution is -0.129. The summed E-state index contributed by atoms with van der Waals surface area (Å²) in [6, 6.07) is 4.36. The van der Waals surface area contributed by atoms with E-state index in [0.717, 1.165) is 49.9 Å². The second-order valence-corrected chi connectivity index (χ2v) is 6.92. The Labute approximate surface area is 138 Å². The third-order valence-corrected chi connectivity index (χ3v) is 4.73. The Morgan fingerprint density at radius 1 is 1.35 bits per heavy atom. The van der Waals surface area contributed by atoms with Crippen molar-refractivity contribution in [2.45, 2.75) is 38.6 Å². The van der Waals surface area contributed by atoms with Crippen molar-refractivity contribution in [3.63, 3.8) is 0 Å². The van der Waals surface area contributed by atoms with Crippen molar-refractivity contribution in [3.05, 3.63) is 17.8 Å². The van der Waals surface area contributed by atoms with E-state index in [1.807, 2.05) is 31.0 Å². The number of carbonyl (C=O) groups excluding carboxylic acids is 1. The van der Waals surface area contributed by atoms with Crippen molar-refractivity contribution < 1.29 is 4.79 Å². The number of rotatable bonds is 6. The number of nitrogens with one attached hydrogen (secondary N) is 1. The first-order valence-corrected chi connectivity index (χ1v) is 8.64. The van der Waals surface area contributed by atoms with Crippen LogP contribution in [-0.4, -0.2) is 60.3 Å². The molecule has 6 heteroatoms. The highest BCUT2D eigenvalue weighted by Crippen LogP contribution is 2.29. The van der Waals surface area contributed by atoms with Gasteiger partial charge in [-0.15, -0.1) is 5.10 Å². The molecule has 1 N–H and O–H groups in total. The quantitative estimate of drug-likeness (QED) is 0.854. The van der Waals surface area contributed by atoms with Gasteiger partial charge in [0.1, 0.15) is 0 Å². The lowest BCUT2D eigenvalue weighted by Gasteiger charge is -2.34. The number of hydrogen-bond acceptors (Lipinski definition) is 5. The number of carbonyl (C=O) groups is 1. The van der Waals surface area contributed by atoms with Crippen LogP contribution in [0.5, 0.6) is 0 Å². The molecule has 3 rings (SSSR count). The van der Waals surface area contributed by atoms with E-state index in [9.17, 15) is 4.79 Å². The van der Waals surface area contributed by atoms with E-state index in [4.69, 9.17) is 0 Å². The van der Waals surface area contributed by atoms with Crippen LogP contribution in [-0.2, 0) is 4.79 Å². The zero-order valence-electron chi connectivity index (χ0n) is 14.2. The Bertz CT molecular complexity index is 528. The fourth-order valence-corrected chi connectivity index (χ4v) is 3.07. The maximum Gasteiger partial charge on any atom is 0.236 e. The van der Waals surface area contributed by atoms with Gasteiger partial charge < -0.3 is 15.1 Å². The number of nitrogens with zero attached hydrogens (tertiary/aromatic N) is 4. The molecule has 23 heavy (non-hydrogen) atoms. The molecule has 0 aromatic carbocycles. The van der Waals surface area contributed by atoms with Gasteiger partial charge in [-0.2, -0.15) is 5.10 Å². The molecular formula is C17H27N5O. The molecule has 1 atom stereocenters. The molecule has 2 fully saturated rings. The topological polar surface area (TPSA) is 61.4 Å². The molecule has 126 valence electrons. The van der Waals surface area contributed by atoms with Gasteiger partial charge in [0, 0.05) is 32.7 Å². The third kappa shape index (κ3) is 4.64. The van der Waals surface area contributed by atoms with Crippen LogP contribution in [0.15, 0.2) is 12.1 Å². The summed E-state index contributed by atoms with van der Waals surface area (Å²) in [5, 5.41) is 11.8. The summed E-state index contributed by atoms with van der Waals surface area (Å²) in [6.45, 7) is 5.18. The summed E-state index contributed by atoms with van der Waals surface area (Å²) >= 11 is 0. The predicted octanol–water partition coefficient (Wildman–Crippen LogP) is 1.21. The van der Waals surface area contributed by atoms with Crippen LogP contribution >= 0.6 is 0 Å². The molecular weight excluding hydrogens is 290 g/mol. The normalized spacial score (nSPS) is 21.3. The Hall–Kier alpha value is -1.69. The van der Waals surface area contributed by atoms with Crippen LogP contribution < -0.4 is 10.2 Å². The van der Waals surface area contributed by atoms with Gasteiger partial charge in [0.2, 0.25) is 5.91 Å². The number of amides is 1. The van der Waals surface area contributed by atoms with Crippen LogP contribution in [0, 0.1) is 12.8 Å². The average molecular weight is 317 g/mol. The van der Waals surface area contributed by atoms with Gasteiger partial charge >= 0.3 is 0 Å². The standard InChI is InChI=1S/C17H27N5O/c1-13-5-8-16(20-19-13)22-9-3-4-15(12-22)18-10-17(23)21(2)11-14-6-7-14/h5,8,14-15,18H,3-4,6-7,9-12H2,1-2H3. The van der Waals surface area contributed by atoms with Gasteiger partial charge in [-0.1, -0.05) is 0 Å². The van der Waals surface area contributed by atoms with Gasteiger partial charge in [0.15, 0.2) is 5.82 Å². The monoisotopic (exact) mass is 317 g/mol. The minimum Gasteiger partial charge on any atom is -0.354 e. The van der Waals surface area contributed by atoms with E-state index in [0.29, 0.717) is 12.6 Å². The van der Waals surface area contributed by atoms with E-state index in [1.54, 1.807) is 0 Å². The van der Waals surface area contributed by atoms with Crippen molar-refractivity contribution in [2.24, 2.45) is 5.92 Å². The Balaban J connectivity index is 1.46. The lowest BCUT2D eigenvalue weighted by atomic mass is 10.1. The average Bonchev–Trinajstić information content (AvgIpc) is 3.37. The molecule has 1 aromatic rings. The third-order valence-electron chi connectivity index (χ3n) is 4.73. The summed E-state index contributed by atoms with van der Waals surface area (Å²) in [4.78, 5) is 16.3. The SMILES string of the molecule is Cc1ccc(N2CCCC(NCC(=O)N(C)CC3CC3)C2)nn1. The van der Waals surface area contributed by atoms with Crippen molar-refractivity contribution in [2.75, 3.05) is 38.1 Å². The van der Waals surface area contributed by atoms with Gasteiger partial charge in [-0.05, 0) is 50.7 Å². The molecule has 0 spiro atoms. The van der Waals surface area contributed by atoms with Crippen LogP contribution in [0.3, 0.4) is 0 Å². The first-order chi connectivity index (χ1) is 11.1. The van der Waals surface area contributed by atoms with Gasteiger partial charge in [-0.3, -0.25) is 4.79 Å². The molecule has 0 radical (unpaired) electrons. The van der Waals surface area contributed by atoms with Gasteiger partial charge in [0.05, 0.1) is 12.2 Å². The largest absolute Gasteiger partial charge is 0.354 e. The summed E-state index contributed by atoms with van der Waals surface area (Å²) in [7, 11) is 1.91. The molecule has 1 aliphatic carbocycles. The molecule has 1 aliphatic heterocycles. The molecule has 1 amide bonds. The lowest BCUT2D eigenvalue weighted by Crippen LogP contribution is -2.49. The fraction of sp³-hybridized carbons (Fsp3) is 0.706. The van der Waals surface area contributed by atoms with Crippen LogP contribution in [0.4, 0.5) is 5.82 Å². The van der Waals surface area contributed by atoms with Crippen molar-refractivity contribution >= 4 is 11.7 Å². The van der Waals surface area contributed by atoms with Crippen molar-refractivity contribution in [3.8, 4) is 0 Å². The molecule has 1 saturated carbocycles. The summed E-state index contributed by atoms with van der Waals surface area (Å²) < 4.78 is 0. The van der Waals surface area contributed by atoms with E-state index in [-0.39, 0.29) is 5.91 Å². The van der Waals surface area contributed by atoms with E-state index >= 15 is 0 Å². The van der Waals surface area contributed by atoms with Gasteiger partial charge in [0.25, 0.3) is 0 Å². The van der Waals surface area contributed by atoms with Crippen molar-refractivity contribution in [1.29, 1.82) is 0 Å². The van der Waals surface area contributed by atoms with Crippen LogP contribution in [0.25, 0.3) is 0 Å². The highest BCUT2D eigenvalue weighted by atomic mass is 16.2. The minimum atomic E-state index is 0.198. The highest BCUT2D eigenvalue weighted by Gasteiger charge is 2.26. The fourth-order valence-electron chi connectivity index (χ4n) is 3.07. The van der Waals surface area contributed by atoms with Crippen LogP contribution in [0.2, 0.25) is 0 Å². The summed E-state index contributed by atoms with van der Waals surface area (Å²) in [6.07, 6.45) is 4.77. The minimum absolute atomic E-state index is 0.198. The van der Waals surface area contributed by atoms with Crippen molar-refractivity contribution in [1.82, 2.24) is 20.4 Å². The Kier molecular flexibility index (Phi) is 5.10. The number of aromatic nitrogens is 2. The molecule has 2 heterocycles. The predicted molar refractivity (Wildman–Crippen MR) is 90.4 cm³/mol. The highest BCUT2D eigenvalue weighted by molar-refractivity contribution is 5.78. The maximum atomic E-state index is 12.2. The molecule has 6 nitrogen and oxygen atoms in total. The molecule has 1 saturated heterocycles. The van der Waals surface area contributed by atoms with E-state index < -0.39 is 0 Å². The second-order valence-electron chi connectivity index (χ2n) is 6.92. The summed E-state index contributed by atoms with van der Waals surface area (Å²) in [5.74, 6) is 1.87. The number of hydrogen-bond donors (Lipinski definition) is 1. The molecule has 2 aliphatic rings. The smallest absolute Gasteiger partial charge is 0.236 e. The van der Waals surface area contributed by atoms with Crippen LogP contribution in [0.1, 0.15) is 31.4 Å². The molecule has 0 bridgehead atoms. The Morgan fingerprint density at radius 3 is 2.87 bits per heavy atom. The number of likely N-dealkylation sites (N-methyl/N-ethyl adjacent to an activating group) is 1. The number of aryl methyl sites for hydroxylation is 1. The zero-order valence-corrected chi connectivity index (χ0v) is 14.2. The zero-order chi connectivity index (χ0) is 16.2. The van der Waals surface area contributed by atoms with E-state index in [2.05, 4.69) is 20.4 Å².